The number of aromatic nitrogens is 1. The van der Waals surface area contributed by atoms with Gasteiger partial charge in [0.1, 0.15) is 0 Å². The van der Waals surface area contributed by atoms with E-state index in [0.717, 1.165) is 23.9 Å². The summed E-state index contributed by atoms with van der Waals surface area (Å²) in [6.45, 7) is 0.536. The van der Waals surface area contributed by atoms with Gasteiger partial charge in [0.2, 0.25) is 0 Å². The highest BCUT2D eigenvalue weighted by atomic mass is 16.4. The highest BCUT2D eigenvalue weighted by molar-refractivity contribution is 5.90. The molecule has 0 bridgehead atoms. The van der Waals surface area contributed by atoms with E-state index in [-0.39, 0.29) is 6.10 Å². The third-order valence-electron chi connectivity index (χ3n) is 4.92. The molecule has 4 rings (SSSR count). The van der Waals surface area contributed by atoms with Crippen LogP contribution in [0.4, 0.5) is 0 Å². The van der Waals surface area contributed by atoms with E-state index < -0.39 is 5.97 Å². The summed E-state index contributed by atoms with van der Waals surface area (Å²) < 4.78 is 2.22. The van der Waals surface area contributed by atoms with Crippen molar-refractivity contribution in [1.29, 1.82) is 0 Å². The first-order valence-corrected chi connectivity index (χ1v) is 8.23. The lowest BCUT2D eigenvalue weighted by Gasteiger charge is -2.20. The van der Waals surface area contributed by atoms with Crippen molar-refractivity contribution < 1.29 is 15.0 Å². The molecule has 0 radical (unpaired) electrons. The lowest BCUT2D eigenvalue weighted by atomic mass is 9.93. The Kier molecular flexibility index (Phi) is 3.62. The van der Waals surface area contributed by atoms with Gasteiger partial charge in [-0.1, -0.05) is 36.4 Å². The predicted molar refractivity (Wildman–Crippen MR) is 92.5 cm³/mol. The number of carbonyl (C=O) groups is 1. The Morgan fingerprint density at radius 3 is 2.71 bits per heavy atom. The summed E-state index contributed by atoms with van der Waals surface area (Å²) in [5, 5.41) is 20.6. The molecule has 24 heavy (non-hydrogen) atoms. The minimum atomic E-state index is -0.897. The maximum absolute atomic E-state index is 11.5. The Hall–Kier alpha value is -2.59. The highest BCUT2D eigenvalue weighted by Gasteiger charge is 2.24. The van der Waals surface area contributed by atoms with Crippen LogP contribution in [0.2, 0.25) is 0 Å². The third-order valence-corrected chi connectivity index (χ3v) is 4.92. The molecule has 0 aliphatic heterocycles. The average Bonchev–Trinajstić information content (AvgIpc) is 2.89. The third kappa shape index (κ3) is 2.39. The number of benzene rings is 2. The van der Waals surface area contributed by atoms with E-state index in [1.807, 2.05) is 24.3 Å². The molecule has 2 N–H and O–H groups in total. The fourth-order valence-corrected chi connectivity index (χ4v) is 3.80. The summed E-state index contributed by atoms with van der Waals surface area (Å²) >= 11 is 0. The molecule has 0 spiro atoms. The molecular formula is C20H19NO3. The quantitative estimate of drug-likeness (QED) is 0.778. The molecule has 4 nitrogen and oxygen atoms in total. The number of carboxylic acids is 1. The van der Waals surface area contributed by atoms with E-state index in [1.54, 1.807) is 12.1 Å². The van der Waals surface area contributed by atoms with Gasteiger partial charge in [0.25, 0.3) is 0 Å². The first kappa shape index (κ1) is 15.0. The molecule has 1 aromatic heterocycles. The van der Waals surface area contributed by atoms with Crippen molar-refractivity contribution in [1.82, 2.24) is 4.57 Å². The molecule has 2 aromatic carbocycles. The van der Waals surface area contributed by atoms with Crippen LogP contribution in [-0.4, -0.2) is 26.9 Å². The van der Waals surface area contributed by atoms with Gasteiger partial charge in [0.05, 0.1) is 11.7 Å². The van der Waals surface area contributed by atoms with E-state index in [2.05, 4.69) is 16.7 Å². The van der Waals surface area contributed by atoms with Crippen LogP contribution in [0, 0.1) is 0 Å². The largest absolute Gasteiger partial charge is 0.478 e. The molecule has 1 heterocycles. The van der Waals surface area contributed by atoms with Crippen molar-refractivity contribution in [3.63, 3.8) is 0 Å². The van der Waals surface area contributed by atoms with Crippen molar-refractivity contribution in [2.45, 2.75) is 31.9 Å². The molecule has 3 aromatic rings. The van der Waals surface area contributed by atoms with Gasteiger partial charge in [0, 0.05) is 29.6 Å². The number of para-hydroxylation sites is 1. The summed E-state index contributed by atoms with van der Waals surface area (Å²) in [5.41, 5.74) is 4.69. The number of hydrogen-bond acceptors (Lipinski definition) is 2. The van der Waals surface area contributed by atoms with Crippen LogP contribution in [0.5, 0.6) is 0 Å². The first-order valence-electron chi connectivity index (χ1n) is 8.23. The molecule has 0 saturated heterocycles. The van der Waals surface area contributed by atoms with Gasteiger partial charge in [0.15, 0.2) is 0 Å². The lowest BCUT2D eigenvalue weighted by molar-refractivity contribution is 0.0695. The number of nitrogens with zero attached hydrogens (tertiary/aromatic N) is 1. The molecule has 0 saturated carbocycles. The average molecular weight is 321 g/mol. The monoisotopic (exact) mass is 321 g/mol. The second-order valence-corrected chi connectivity index (χ2v) is 6.39. The van der Waals surface area contributed by atoms with Crippen LogP contribution < -0.4 is 0 Å². The van der Waals surface area contributed by atoms with Gasteiger partial charge in [-0.25, -0.2) is 4.79 Å². The van der Waals surface area contributed by atoms with E-state index in [0.29, 0.717) is 18.5 Å². The zero-order valence-electron chi connectivity index (χ0n) is 13.3. The Bertz CT molecular complexity index is 926. The van der Waals surface area contributed by atoms with Crippen LogP contribution in [0.3, 0.4) is 0 Å². The van der Waals surface area contributed by atoms with Crippen molar-refractivity contribution in [2.75, 3.05) is 0 Å². The molecule has 1 unspecified atom stereocenters. The Morgan fingerprint density at radius 2 is 1.88 bits per heavy atom. The molecular weight excluding hydrogens is 302 g/mol. The lowest BCUT2D eigenvalue weighted by Crippen LogP contribution is -2.20. The fraction of sp³-hybridized carbons (Fsp3) is 0.250. The van der Waals surface area contributed by atoms with Gasteiger partial charge < -0.3 is 14.8 Å². The maximum Gasteiger partial charge on any atom is 0.336 e. The summed E-state index contributed by atoms with van der Waals surface area (Å²) in [5.74, 6) is -0.897. The second kappa shape index (κ2) is 5.80. The molecule has 1 aliphatic rings. The molecule has 0 fully saturated rings. The first-order chi connectivity index (χ1) is 11.6. The molecule has 4 heteroatoms. The summed E-state index contributed by atoms with van der Waals surface area (Å²) in [7, 11) is 0. The Labute approximate surface area is 140 Å². The zero-order chi connectivity index (χ0) is 16.7. The number of aliphatic hydroxyl groups is 1. The number of aliphatic hydroxyl groups excluding tert-OH is 1. The van der Waals surface area contributed by atoms with E-state index in [4.69, 9.17) is 0 Å². The standard InChI is InChI=1S/C20H19NO3/c22-14-9-10-19-17(11-14)16-7-3-4-8-18(16)21(19)12-13-5-1-2-6-15(13)20(23)24/h1-8,14,22H,9-12H2,(H,23,24). The molecule has 122 valence electrons. The number of aromatic carboxylic acids is 1. The van der Waals surface area contributed by atoms with Gasteiger partial charge in [-0.15, -0.1) is 0 Å². The van der Waals surface area contributed by atoms with Gasteiger partial charge in [-0.2, -0.15) is 0 Å². The van der Waals surface area contributed by atoms with Crippen molar-refractivity contribution in [3.8, 4) is 0 Å². The number of rotatable bonds is 3. The normalized spacial score (nSPS) is 17.0. The summed E-state index contributed by atoms with van der Waals surface area (Å²) in [4.78, 5) is 11.5. The van der Waals surface area contributed by atoms with E-state index in [1.165, 1.54) is 16.6 Å². The SMILES string of the molecule is O=C(O)c1ccccc1Cn1c2c(c3ccccc31)CC(O)CC2. The number of carboxylic acid groups (broad SMARTS) is 1. The van der Waals surface area contributed by atoms with Crippen LogP contribution in [-0.2, 0) is 19.4 Å². The van der Waals surface area contributed by atoms with E-state index >= 15 is 0 Å². The number of fused-ring (bicyclic) bond motifs is 3. The van der Waals surface area contributed by atoms with Crippen LogP contribution in [0.25, 0.3) is 10.9 Å². The minimum Gasteiger partial charge on any atom is -0.478 e. The smallest absolute Gasteiger partial charge is 0.336 e. The maximum atomic E-state index is 11.5. The van der Waals surface area contributed by atoms with Gasteiger partial charge in [-0.3, -0.25) is 0 Å². The zero-order valence-corrected chi connectivity index (χ0v) is 13.3. The summed E-state index contributed by atoms with van der Waals surface area (Å²) in [6, 6.07) is 15.3. The van der Waals surface area contributed by atoms with Crippen molar-refractivity contribution in [2.24, 2.45) is 0 Å². The molecule has 0 amide bonds. The summed E-state index contributed by atoms with van der Waals surface area (Å²) in [6.07, 6.45) is 1.95. The second-order valence-electron chi connectivity index (χ2n) is 6.39. The van der Waals surface area contributed by atoms with Crippen LogP contribution >= 0.6 is 0 Å². The van der Waals surface area contributed by atoms with E-state index in [9.17, 15) is 15.0 Å². The molecule has 1 atom stereocenters. The van der Waals surface area contributed by atoms with Crippen LogP contribution in [0.15, 0.2) is 48.5 Å². The molecule has 1 aliphatic carbocycles. The number of hydrogen-bond donors (Lipinski definition) is 2. The van der Waals surface area contributed by atoms with Gasteiger partial charge >= 0.3 is 5.97 Å². The van der Waals surface area contributed by atoms with Crippen molar-refractivity contribution in [3.05, 3.63) is 70.9 Å². The highest BCUT2D eigenvalue weighted by Crippen LogP contribution is 2.33. The Morgan fingerprint density at radius 1 is 1.12 bits per heavy atom. The predicted octanol–water partition coefficient (Wildman–Crippen LogP) is 3.24. The van der Waals surface area contributed by atoms with Gasteiger partial charge in [-0.05, 0) is 36.1 Å². The van der Waals surface area contributed by atoms with Crippen molar-refractivity contribution >= 4 is 16.9 Å². The minimum absolute atomic E-state index is 0.289. The van der Waals surface area contributed by atoms with Crippen LogP contribution in [0.1, 0.15) is 33.6 Å². The topological polar surface area (TPSA) is 62.5 Å². The Balaban J connectivity index is 1.88. The fourth-order valence-electron chi connectivity index (χ4n) is 3.80.